The second kappa shape index (κ2) is 7.14. The maximum Gasteiger partial charge on any atom is 0.0480 e. The van der Waals surface area contributed by atoms with Gasteiger partial charge in [-0.15, -0.1) is 24.0 Å². The fraction of sp³-hybridized carbons (Fsp3) is 0.467. The van der Waals surface area contributed by atoms with Crippen LogP contribution in [0.1, 0.15) is 38.7 Å². The van der Waals surface area contributed by atoms with Crippen LogP contribution in [0.4, 0.5) is 0 Å². The van der Waals surface area contributed by atoms with Gasteiger partial charge in [0.1, 0.15) is 0 Å². The highest BCUT2D eigenvalue weighted by Gasteiger charge is 2.13. The van der Waals surface area contributed by atoms with Gasteiger partial charge in [0, 0.05) is 24.1 Å². The summed E-state index contributed by atoms with van der Waals surface area (Å²) in [5, 5.41) is 1.41. The summed E-state index contributed by atoms with van der Waals surface area (Å²) in [5.74, 6) is 1.40. The van der Waals surface area contributed by atoms with Crippen LogP contribution in [-0.4, -0.2) is 10.0 Å². The van der Waals surface area contributed by atoms with Gasteiger partial charge in [-0.25, -0.2) is 0 Å². The van der Waals surface area contributed by atoms with Gasteiger partial charge in [-0.2, -0.15) is 0 Å². The summed E-state index contributed by atoms with van der Waals surface area (Å²) < 4.78 is 2.24. The lowest BCUT2D eigenvalue weighted by Crippen LogP contribution is -1.98. The van der Waals surface area contributed by atoms with Crippen LogP contribution in [0.5, 0.6) is 0 Å². The van der Waals surface area contributed by atoms with E-state index in [0.29, 0.717) is 5.92 Å². The number of hydrogen-bond acceptors (Lipinski definition) is 0. The molecule has 1 unspecified atom stereocenters. The Morgan fingerprint density at radius 2 is 1.72 bits per heavy atom. The molecule has 0 amide bonds. The second-order valence-corrected chi connectivity index (χ2v) is 5.24. The predicted octanol–water partition coefficient (Wildman–Crippen LogP) is 4.12. The molecule has 2 aromatic rings. The molecule has 102 valence electrons. The number of nitrogens with zero attached hydrogens (tertiary/aromatic N) is 1. The molecule has 3 heteroatoms. The largest absolute Gasteiger partial charge is 0.412 e. The summed E-state index contributed by atoms with van der Waals surface area (Å²) in [6.45, 7) is 6.92. The first-order valence-electron chi connectivity index (χ1n) is 6.13. The third-order valence-corrected chi connectivity index (χ3v) is 3.28. The Balaban J connectivity index is 0.00000144. The maximum absolute atomic E-state index is 2.34. The lowest BCUT2D eigenvalue weighted by molar-refractivity contribution is 0.525. The van der Waals surface area contributed by atoms with Crippen LogP contribution >= 0.6 is 24.0 Å². The van der Waals surface area contributed by atoms with Crippen molar-refractivity contribution in [2.45, 2.75) is 33.1 Å². The molecule has 0 spiro atoms. The molecule has 2 rings (SSSR count). The molecular formula is C15H24INO. The van der Waals surface area contributed by atoms with Crippen molar-refractivity contribution in [3.63, 3.8) is 0 Å². The van der Waals surface area contributed by atoms with E-state index in [0.717, 1.165) is 5.92 Å². The van der Waals surface area contributed by atoms with Gasteiger partial charge in [0.2, 0.25) is 0 Å². The Bertz CT molecular complexity index is 490. The predicted molar refractivity (Wildman–Crippen MR) is 89.8 cm³/mol. The fourth-order valence-corrected chi connectivity index (χ4v) is 2.60. The zero-order valence-corrected chi connectivity index (χ0v) is 13.9. The molecule has 0 aliphatic carbocycles. The van der Waals surface area contributed by atoms with E-state index in [1.165, 1.54) is 22.9 Å². The quantitative estimate of drug-likeness (QED) is 0.738. The summed E-state index contributed by atoms with van der Waals surface area (Å²) >= 11 is 0. The molecule has 1 heterocycles. The van der Waals surface area contributed by atoms with Crippen molar-refractivity contribution < 1.29 is 5.48 Å². The number of aryl methyl sites for hydroxylation is 1. The molecule has 2 N–H and O–H groups in total. The highest BCUT2D eigenvalue weighted by Crippen LogP contribution is 2.30. The minimum atomic E-state index is 0. The smallest absolute Gasteiger partial charge is 0.0480 e. The minimum Gasteiger partial charge on any atom is -0.412 e. The van der Waals surface area contributed by atoms with Crippen LogP contribution in [0, 0.1) is 5.92 Å². The zero-order valence-electron chi connectivity index (χ0n) is 11.6. The second-order valence-electron chi connectivity index (χ2n) is 5.24. The van der Waals surface area contributed by atoms with Gasteiger partial charge in [0.25, 0.3) is 0 Å². The molecule has 0 bridgehead atoms. The third kappa shape index (κ3) is 3.48. The molecule has 0 saturated carbocycles. The number of benzene rings is 1. The fourth-order valence-electron chi connectivity index (χ4n) is 2.60. The molecule has 2 nitrogen and oxygen atoms in total. The van der Waals surface area contributed by atoms with Gasteiger partial charge in [0.15, 0.2) is 0 Å². The normalized spacial score (nSPS) is 12.1. The van der Waals surface area contributed by atoms with Crippen LogP contribution < -0.4 is 0 Å². The van der Waals surface area contributed by atoms with Crippen molar-refractivity contribution in [3.8, 4) is 0 Å². The molecule has 1 aromatic carbocycles. The first-order valence-corrected chi connectivity index (χ1v) is 6.13. The number of fused-ring (bicyclic) bond motifs is 1. The van der Waals surface area contributed by atoms with E-state index in [-0.39, 0.29) is 29.5 Å². The van der Waals surface area contributed by atoms with E-state index < -0.39 is 0 Å². The van der Waals surface area contributed by atoms with Crippen molar-refractivity contribution in [2.24, 2.45) is 13.0 Å². The van der Waals surface area contributed by atoms with E-state index in [2.05, 4.69) is 62.8 Å². The van der Waals surface area contributed by atoms with Crippen molar-refractivity contribution in [1.29, 1.82) is 0 Å². The topological polar surface area (TPSA) is 36.4 Å². The summed E-state index contributed by atoms with van der Waals surface area (Å²) in [6, 6.07) is 8.68. The number of aromatic nitrogens is 1. The van der Waals surface area contributed by atoms with E-state index in [1.54, 1.807) is 0 Å². The van der Waals surface area contributed by atoms with Crippen molar-refractivity contribution >= 4 is 34.9 Å². The summed E-state index contributed by atoms with van der Waals surface area (Å²) in [6.07, 6.45) is 3.55. The highest BCUT2D eigenvalue weighted by atomic mass is 127. The summed E-state index contributed by atoms with van der Waals surface area (Å²) in [5.41, 5.74) is 2.83. The van der Waals surface area contributed by atoms with Gasteiger partial charge in [-0.3, -0.25) is 0 Å². The number of hydrogen-bond donors (Lipinski definition) is 0. The molecule has 0 aliphatic rings. The van der Waals surface area contributed by atoms with Crippen LogP contribution in [0.15, 0.2) is 30.5 Å². The number of halogens is 1. The summed E-state index contributed by atoms with van der Waals surface area (Å²) in [7, 11) is 2.13. The first kappa shape index (κ1) is 17.4. The SMILES string of the molecule is CC(C)CC(C)c1cn(C)c2ccccc12.I.O. The van der Waals surface area contributed by atoms with Crippen molar-refractivity contribution in [1.82, 2.24) is 4.57 Å². The molecule has 0 radical (unpaired) electrons. The van der Waals surface area contributed by atoms with Crippen molar-refractivity contribution in [2.75, 3.05) is 0 Å². The van der Waals surface area contributed by atoms with Gasteiger partial charge in [-0.1, -0.05) is 39.0 Å². The van der Waals surface area contributed by atoms with Gasteiger partial charge in [-0.05, 0) is 29.9 Å². The molecule has 0 fully saturated rings. The monoisotopic (exact) mass is 361 g/mol. The minimum absolute atomic E-state index is 0. The van der Waals surface area contributed by atoms with Crippen LogP contribution in [0.2, 0.25) is 0 Å². The van der Waals surface area contributed by atoms with E-state index >= 15 is 0 Å². The Morgan fingerprint density at radius 1 is 1.11 bits per heavy atom. The first-order chi connectivity index (χ1) is 7.59. The molecule has 18 heavy (non-hydrogen) atoms. The van der Waals surface area contributed by atoms with E-state index in [9.17, 15) is 0 Å². The number of para-hydroxylation sites is 1. The Morgan fingerprint density at radius 3 is 2.33 bits per heavy atom. The summed E-state index contributed by atoms with van der Waals surface area (Å²) in [4.78, 5) is 0. The lowest BCUT2D eigenvalue weighted by atomic mass is 9.92. The van der Waals surface area contributed by atoms with Gasteiger partial charge in [0.05, 0.1) is 0 Å². The van der Waals surface area contributed by atoms with Crippen molar-refractivity contribution in [3.05, 3.63) is 36.0 Å². The Labute approximate surface area is 127 Å². The highest BCUT2D eigenvalue weighted by molar-refractivity contribution is 14.0. The average molecular weight is 361 g/mol. The lowest BCUT2D eigenvalue weighted by Gasteiger charge is -2.13. The Kier molecular flexibility index (Phi) is 6.92. The zero-order chi connectivity index (χ0) is 11.7. The molecule has 1 aromatic heterocycles. The van der Waals surface area contributed by atoms with Gasteiger partial charge < -0.3 is 10.0 Å². The third-order valence-electron chi connectivity index (χ3n) is 3.28. The van der Waals surface area contributed by atoms with Crippen LogP contribution in [0.25, 0.3) is 10.9 Å². The number of rotatable bonds is 3. The van der Waals surface area contributed by atoms with Gasteiger partial charge >= 0.3 is 0 Å². The molecule has 0 saturated heterocycles. The molecular weight excluding hydrogens is 337 g/mol. The maximum atomic E-state index is 2.34. The molecule has 1 atom stereocenters. The average Bonchev–Trinajstić information content (AvgIpc) is 2.56. The van der Waals surface area contributed by atoms with Crippen LogP contribution in [-0.2, 0) is 7.05 Å². The molecule has 0 aliphatic heterocycles. The van der Waals surface area contributed by atoms with E-state index in [1.807, 2.05) is 0 Å². The van der Waals surface area contributed by atoms with Crippen LogP contribution in [0.3, 0.4) is 0 Å². The Hall–Kier alpha value is -0.550. The standard InChI is InChI=1S/C15H21N.HI.H2O/c1-11(2)9-12(3)14-10-16(4)15-8-6-5-7-13(14)15;;/h5-8,10-12H,9H2,1-4H3;1H;1H2. The van der Waals surface area contributed by atoms with E-state index in [4.69, 9.17) is 0 Å².